The number of nitrogens with zero attached hydrogens (tertiary/aromatic N) is 2. The number of rotatable bonds is 3. The molecule has 0 saturated carbocycles. The molecule has 0 aliphatic heterocycles. The van der Waals surface area contributed by atoms with Crippen LogP contribution in [0.15, 0.2) is 59.5 Å². The Kier molecular flexibility index (Phi) is 3.76. The Hall–Kier alpha value is -1.78. The van der Waals surface area contributed by atoms with E-state index in [0.717, 1.165) is 15.6 Å². The first-order chi connectivity index (χ1) is 9.81. The van der Waals surface area contributed by atoms with Gasteiger partial charge in [0, 0.05) is 28.4 Å². The first kappa shape index (κ1) is 13.2. The van der Waals surface area contributed by atoms with Crippen molar-refractivity contribution in [3.05, 3.63) is 70.7 Å². The fraction of sp³-hybridized carbons (Fsp3) is 0.125. The van der Waals surface area contributed by atoms with Crippen molar-refractivity contribution in [2.24, 2.45) is 0 Å². The van der Waals surface area contributed by atoms with E-state index in [1.165, 1.54) is 10.9 Å². The van der Waals surface area contributed by atoms with E-state index in [1.54, 1.807) is 0 Å². The molecule has 0 bridgehead atoms. The fourth-order valence-corrected chi connectivity index (χ4v) is 2.92. The van der Waals surface area contributed by atoms with Crippen LogP contribution in [-0.4, -0.2) is 17.0 Å². The van der Waals surface area contributed by atoms with Crippen molar-refractivity contribution in [2.75, 3.05) is 7.05 Å². The van der Waals surface area contributed by atoms with Gasteiger partial charge in [-0.05, 0) is 52.1 Å². The van der Waals surface area contributed by atoms with Crippen LogP contribution >= 0.6 is 15.9 Å². The van der Waals surface area contributed by atoms with Gasteiger partial charge in [-0.3, -0.25) is 9.97 Å². The van der Waals surface area contributed by atoms with Crippen molar-refractivity contribution >= 4 is 26.7 Å². The molecule has 20 heavy (non-hydrogen) atoms. The predicted octanol–water partition coefficient (Wildman–Crippen LogP) is 3.70. The van der Waals surface area contributed by atoms with Crippen molar-refractivity contribution in [1.82, 2.24) is 15.3 Å². The van der Waals surface area contributed by atoms with Crippen molar-refractivity contribution in [2.45, 2.75) is 6.04 Å². The van der Waals surface area contributed by atoms with Gasteiger partial charge in [0.05, 0.1) is 11.7 Å². The van der Waals surface area contributed by atoms with E-state index < -0.39 is 0 Å². The molecular formula is C16H14BrN3. The molecule has 3 rings (SSSR count). The van der Waals surface area contributed by atoms with E-state index in [2.05, 4.69) is 49.4 Å². The van der Waals surface area contributed by atoms with Gasteiger partial charge in [-0.25, -0.2) is 0 Å². The van der Waals surface area contributed by atoms with E-state index in [0.29, 0.717) is 0 Å². The molecule has 100 valence electrons. The van der Waals surface area contributed by atoms with E-state index in [-0.39, 0.29) is 6.04 Å². The third-order valence-electron chi connectivity index (χ3n) is 3.38. The highest BCUT2D eigenvalue weighted by Gasteiger charge is 2.18. The standard InChI is InChI=1S/C16H14BrN3/c1-18-15(16-14(17)6-3-8-20-16)12-5-2-4-11-7-9-19-10-13(11)12/h2-10,15,18H,1H3. The number of fused-ring (bicyclic) bond motifs is 1. The molecule has 1 unspecified atom stereocenters. The summed E-state index contributed by atoms with van der Waals surface area (Å²) < 4.78 is 1.00. The summed E-state index contributed by atoms with van der Waals surface area (Å²) in [5, 5.41) is 5.68. The maximum atomic E-state index is 4.50. The molecule has 0 aliphatic carbocycles. The highest BCUT2D eigenvalue weighted by atomic mass is 79.9. The van der Waals surface area contributed by atoms with Crippen LogP contribution in [0.1, 0.15) is 17.3 Å². The molecule has 0 spiro atoms. The Morgan fingerprint density at radius 2 is 2.00 bits per heavy atom. The summed E-state index contributed by atoms with van der Waals surface area (Å²) in [7, 11) is 1.95. The normalized spacial score (nSPS) is 12.5. The highest BCUT2D eigenvalue weighted by Crippen LogP contribution is 2.30. The summed E-state index contributed by atoms with van der Waals surface area (Å²) in [6.07, 6.45) is 5.54. The number of benzene rings is 1. The maximum Gasteiger partial charge on any atom is 0.0767 e. The van der Waals surface area contributed by atoms with Crippen LogP contribution in [0.3, 0.4) is 0 Å². The largest absolute Gasteiger partial charge is 0.308 e. The molecule has 0 amide bonds. The second-order valence-corrected chi connectivity index (χ2v) is 5.39. The van der Waals surface area contributed by atoms with Gasteiger partial charge < -0.3 is 5.32 Å². The predicted molar refractivity (Wildman–Crippen MR) is 84.6 cm³/mol. The van der Waals surface area contributed by atoms with Crippen LogP contribution in [0.4, 0.5) is 0 Å². The molecule has 4 heteroatoms. The van der Waals surface area contributed by atoms with Gasteiger partial charge in [0.25, 0.3) is 0 Å². The smallest absolute Gasteiger partial charge is 0.0767 e. The zero-order valence-electron chi connectivity index (χ0n) is 11.0. The van der Waals surface area contributed by atoms with E-state index in [4.69, 9.17) is 0 Å². The maximum absolute atomic E-state index is 4.50. The van der Waals surface area contributed by atoms with Crippen molar-refractivity contribution in [3.8, 4) is 0 Å². The number of aromatic nitrogens is 2. The SMILES string of the molecule is CNC(c1ncccc1Br)c1cccc2ccncc12. The summed E-state index contributed by atoms with van der Waals surface area (Å²) in [6, 6.07) is 12.3. The Morgan fingerprint density at radius 1 is 1.10 bits per heavy atom. The Balaban J connectivity index is 2.20. The van der Waals surface area contributed by atoms with Crippen molar-refractivity contribution in [3.63, 3.8) is 0 Å². The molecule has 3 aromatic rings. The van der Waals surface area contributed by atoms with Gasteiger partial charge in [-0.15, -0.1) is 0 Å². The topological polar surface area (TPSA) is 37.8 Å². The quantitative estimate of drug-likeness (QED) is 0.797. The lowest BCUT2D eigenvalue weighted by atomic mass is 9.98. The minimum atomic E-state index is 0.0264. The van der Waals surface area contributed by atoms with Crippen LogP contribution in [0.2, 0.25) is 0 Å². The minimum absolute atomic E-state index is 0.0264. The van der Waals surface area contributed by atoms with Gasteiger partial charge in [0.15, 0.2) is 0 Å². The van der Waals surface area contributed by atoms with Gasteiger partial charge in [-0.1, -0.05) is 18.2 Å². The van der Waals surface area contributed by atoms with E-state index in [1.807, 2.05) is 43.8 Å². The molecule has 0 aliphatic rings. The fourth-order valence-electron chi connectivity index (χ4n) is 2.44. The third kappa shape index (κ3) is 2.32. The highest BCUT2D eigenvalue weighted by molar-refractivity contribution is 9.10. The Labute approximate surface area is 126 Å². The van der Waals surface area contributed by atoms with Crippen molar-refractivity contribution < 1.29 is 0 Å². The first-order valence-electron chi connectivity index (χ1n) is 6.41. The molecule has 0 radical (unpaired) electrons. The lowest BCUT2D eigenvalue weighted by molar-refractivity contribution is 0.672. The summed E-state index contributed by atoms with van der Waals surface area (Å²) in [6.45, 7) is 0. The molecule has 1 aromatic carbocycles. The van der Waals surface area contributed by atoms with E-state index in [9.17, 15) is 0 Å². The average Bonchev–Trinajstić information content (AvgIpc) is 2.50. The molecule has 1 atom stereocenters. The molecule has 0 fully saturated rings. The molecule has 1 N–H and O–H groups in total. The van der Waals surface area contributed by atoms with Gasteiger partial charge in [0.2, 0.25) is 0 Å². The Bertz CT molecular complexity index is 737. The number of nitrogens with one attached hydrogen (secondary N) is 1. The number of hydrogen-bond donors (Lipinski definition) is 1. The lowest BCUT2D eigenvalue weighted by Crippen LogP contribution is -2.19. The second-order valence-electron chi connectivity index (χ2n) is 4.54. The van der Waals surface area contributed by atoms with Gasteiger partial charge in [0.1, 0.15) is 0 Å². The molecule has 0 saturated heterocycles. The van der Waals surface area contributed by atoms with Gasteiger partial charge >= 0.3 is 0 Å². The minimum Gasteiger partial charge on any atom is -0.308 e. The van der Waals surface area contributed by atoms with Crippen LogP contribution in [0.25, 0.3) is 10.8 Å². The first-order valence-corrected chi connectivity index (χ1v) is 7.21. The van der Waals surface area contributed by atoms with Crippen LogP contribution in [0, 0.1) is 0 Å². The Morgan fingerprint density at radius 3 is 2.80 bits per heavy atom. The molecule has 3 nitrogen and oxygen atoms in total. The number of halogens is 1. The van der Waals surface area contributed by atoms with Gasteiger partial charge in [-0.2, -0.15) is 0 Å². The van der Waals surface area contributed by atoms with Crippen LogP contribution < -0.4 is 5.32 Å². The zero-order chi connectivity index (χ0) is 13.9. The van der Waals surface area contributed by atoms with Crippen molar-refractivity contribution in [1.29, 1.82) is 0 Å². The van der Waals surface area contributed by atoms with Crippen LogP contribution in [0.5, 0.6) is 0 Å². The summed E-state index contributed by atoms with van der Waals surface area (Å²) in [5.41, 5.74) is 2.16. The third-order valence-corrected chi connectivity index (χ3v) is 4.05. The zero-order valence-corrected chi connectivity index (χ0v) is 12.6. The molecule has 2 aromatic heterocycles. The summed E-state index contributed by atoms with van der Waals surface area (Å²) in [5.74, 6) is 0. The average molecular weight is 328 g/mol. The molecular weight excluding hydrogens is 314 g/mol. The van der Waals surface area contributed by atoms with Crippen LogP contribution in [-0.2, 0) is 0 Å². The number of pyridine rings is 2. The summed E-state index contributed by atoms with van der Waals surface area (Å²) >= 11 is 3.58. The second kappa shape index (κ2) is 5.69. The lowest BCUT2D eigenvalue weighted by Gasteiger charge is -2.19. The summed E-state index contributed by atoms with van der Waals surface area (Å²) in [4.78, 5) is 8.75. The molecule has 2 heterocycles. The van der Waals surface area contributed by atoms with E-state index >= 15 is 0 Å². The monoisotopic (exact) mass is 327 g/mol. The number of hydrogen-bond acceptors (Lipinski definition) is 3.